The van der Waals surface area contributed by atoms with Gasteiger partial charge >= 0.3 is 0 Å². The van der Waals surface area contributed by atoms with Crippen molar-refractivity contribution >= 4 is 16.8 Å². The van der Waals surface area contributed by atoms with E-state index < -0.39 is 0 Å². The molecular weight excluding hydrogens is 300 g/mol. The van der Waals surface area contributed by atoms with Gasteiger partial charge in [0.15, 0.2) is 0 Å². The van der Waals surface area contributed by atoms with Gasteiger partial charge in [-0.2, -0.15) is 0 Å². The van der Waals surface area contributed by atoms with Crippen molar-refractivity contribution in [3.05, 3.63) is 35.0 Å². The highest BCUT2D eigenvalue weighted by Crippen LogP contribution is 2.25. The zero-order chi connectivity index (χ0) is 16.7. The van der Waals surface area contributed by atoms with Gasteiger partial charge in [-0.1, -0.05) is 18.2 Å². The molecule has 1 saturated heterocycles. The van der Waals surface area contributed by atoms with Crippen LogP contribution in [0.25, 0.3) is 10.9 Å². The quantitative estimate of drug-likeness (QED) is 0.803. The first-order valence-electron chi connectivity index (χ1n) is 8.94. The number of hydrogen-bond acceptors (Lipinski definition) is 3. The maximum atomic E-state index is 12.3. The SMILES string of the molecule is Cc1[nH]c2c(CN3CCNC(C(=O)NC4CC4)C3)cccc2c1C. The molecule has 0 spiro atoms. The second-order valence-corrected chi connectivity index (χ2v) is 7.24. The summed E-state index contributed by atoms with van der Waals surface area (Å²) in [5.41, 5.74) is 5.12. The van der Waals surface area contributed by atoms with Gasteiger partial charge in [-0.25, -0.2) is 0 Å². The summed E-state index contributed by atoms with van der Waals surface area (Å²) in [6, 6.07) is 6.84. The fourth-order valence-electron chi connectivity index (χ4n) is 3.58. The standard InChI is InChI=1S/C19H26N4O/c1-12-13(2)21-18-14(4-3-5-16(12)18)10-23-9-8-20-17(11-23)19(24)22-15-6-7-15/h3-5,15,17,20-21H,6-11H2,1-2H3,(H,22,24). The van der Waals surface area contributed by atoms with Crippen molar-refractivity contribution in [2.24, 2.45) is 0 Å². The Kier molecular flexibility index (Phi) is 4.06. The van der Waals surface area contributed by atoms with E-state index in [1.165, 1.54) is 27.7 Å². The van der Waals surface area contributed by atoms with Crippen molar-refractivity contribution in [2.45, 2.75) is 45.3 Å². The number of H-pyrrole nitrogens is 1. The lowest BCUT2D eigenvalue weighted by Crippen LogP contribution is -2.57. The van der Waals surface area contributed by atoms with Gasteiger partial charge in [-0.15, -0.1) is 0 Å². The largest absolute Gasteiger partial charge is 0.358 e. The van der Waals surface area contributed by atoms with Gasteiger partial charge in [0.1, 0.15) is 0 Å². The minimum atomic E-state index is -0.0920. The number of aryl methyl sites for hydroxylation is 2. The maximum absolute atomic E-state index is 12.3. The highest BCUT2D eigenvalue weighted by atomic mass is 16.2. The van der Waals surface area contributed by atoms with E-state index in [1.54, 1.807) is 0 Å². The molecule has 1 aromatic carbocycles. The molecule has 1 amide bonds. The minimum absolute atomic E-state index is 0.0920. The van der Waals surface area contributed by atoms with Crippen molar-refractivity contribution < 1.29 is 4.79 Å². The molecule has 1 aliphatic carbocycles. The molecular formula is C19H26N4O. The number of rotatable bonds is 4. The predicted molar refractivity (Wildman–Crippen MR) is 96.0 cm³/mol. The van der Waals surface area contributed by atoms with Gasteiger partial charge in [0.05, 0.1) is 11.6 Å². The molecule has 5 nitrogen and oxygen atoms in total. The molecule has 1 aromatic heterocycles. The number of amides is 1. The Morgan fingerprint density at radius 3 is 2.96 bits per heavy atom. The number of carbonyl (C=O) groups is 1. The van der Waals surface area contributed by atoms with Gasteiger partial charge in [0.25, 0.3) is 0 Å². The number of benzene rings is 1. The smallest absolute Gasteiger partial charge is 0.238 e. The molecule has 0 bridgehead atoms. The van der Waals surface area contributed by atoms with Crippen LogP contribution < -0.4 is 10.6 Å². The summed E-state index contributed by atoms with van der Waals surface area (Å²) in [7, 11) is 0. The Hall–Kier alpha value is -1.85. The normalized spacial score (nSPS) is 22.0. The van der Waals surface area contributed by atoms with Crippen LogP contribution in [0.5, 0.6) is 0 Å². The van der Waals surface area contributed by atoms with E-state index in [0.717, 1.165) is 39.0 Å². The Balaban J connectivity index is 1.48. The minimum Gasteiger partial charge on any atom is -0.358 e. The van der Waals surface area contributed by atoms with E-state index in [2.05, 4.69) is 52.6 Å². The van der Waals surface area contributed by atoms with E-state index in [4.69, 9.17) is 0 Å². The third-order valence-corrected chi connectivity index (χ3v) is 5.32. The van der Waals surface area contributed by atoms with Gasteiger partial charge in [0.2, 0.25) is 5.91 Å². The van der Waals surface area contributed by atoms with Gasteiger partial charge in [0, 0.05) is 43.3 Å². The second-order valence-electron chi connectivity index (χ2n) is 7.24. The molecule has 1 unspecified atom stereocenters. The Morgan fingerprint density at radius 1 is 1.33 bits per heavy atom. The van der Waals surface area contributed by atoms with Crippen molar-refractivity contribution in [2.75, 3.05) is 19.6 Å². The van der Waals surface area contributed by atoms with Crippen LogP contribution in [0.2, 0.25) is 0 Å². The van der Waals surface area contributed by atoms with Gasteiger partial charge in [-0.05, 0) is 37.8 Å². The molecule has 1 aliphatic heterocycles. The van der Waals surface area contributed by atoms with Crippen LogP contribution in [0.1, 0.15) is 29.7 Å². The topological polar surface area (TPSA) is 60.2 Å². The van der Waals surface area contributed by atoms with Crippen LogP contribution in [-0.4, -0.2) is 47.5 Å². The number of nitrogens with zero attached hydrogens (tertiary/aromatic N) is 1. The van der Waals surface area contributed by atoms with Crippen LogP contribution in [0.3, 0.4) is 0 Å². The molecule has 2 heterocycles. The zero-order valence-corrected chi connectivity index (χ0v) is 14.5. The number of carbonyl (C=O) groups excluding carboxylic acids is 1. The summed E-state index contributed by atoms with van der Waals surface area (Å²) < 4.78 is 0. The number of fused-ring (bicyclic) bond motifs is 1. The lowest BCUT2D eigenvalue weighted by atomic mass is 10.1. The van der Waals surface area contributed by atoms with Crippen LogP contribution in [-0.2, 0) is 11.3 Å². The number of aromatic nitrogens is 1. The number of hydrogen-bond donors (Lipinski definition) is 3. The van der Waals surface area contributed by atoms with Crippen molar-refractivity contribution in [3.8, 4) is 0 Å². The first-order valence-corrected chi connectivity index (χ1v) is 8.94. The molecule has 3 N–H and O–H groups in total. The summed E-state index contributed by atoms with van der Waals surface area (Å²) in [5, 5.41) is 7.78. The Bertz CT molecular complexity index is 762. The van der Waals surface area contributed by atoms with Crippen molar-refractivity contribution in [3.63, 3.8) is 0 Å². The third-order valence-electron chi connectivity index (χ3n) is 5.32. The number of aromatic amines is 1. The maximum Gasteiger partial charge on any atom is 0.238 e. The second kappa shape index (κ2) is 6.22. The molecule has 0 radical (unpaired) electrons. The van der Waals surface area contributed by atoms with Crippen molar-refractivity contribution in [1.29, 1.82) is 0 Å². The van der Waals surface area contributed by atoms with E-state index >= 15 is 0 Å². The fourth-order valence-corrected chi connectivity index (χ4v) is 3.58. The lowest BCUT2D eigenvalue weighted by molar-refractivity contribution is -0.124. The third kappa shape index (κ3) is 3.06. The Morgan fingerprint density at radius 2 is 2.17 bits per heavy atom. The first-order chi connectivity index (χ1) is 11.6. The molecule has 1 atom stereocenters. The number of nitrogens with one attached hydrogen (secondary N) is 3. The molecule has 128 valence electrons. The molecule has 2 aliphatic rings. The van der Waals surface area contributed by atoms with Crippen LogP contribution in [0, 0.1) is 13.8 Å². The first kappa shape index (κ1) is 15.7. The summed E-state index contributed by atoms with van der Waals surface area (Å²) in [6.45, 7) is 7.78. The lowest BCUT2D eigenvalue weighted by Gasteiger charge is -2.33. The molecule has 4 rings (SSSR count). The van der Waals surface area contributed by atoms with Gasteiger partial charge < -0.3 is 15.6 Å². The molecule has 24 heavy (non-hydrogen) atoms. The van der Waals surface area contributed by atoms with Crippen LogP contribution in [0.15, 0.2) is 18.2 Å². The summed E-state index contributed by atoms with van der Waals surface area (Å²) in [6.07, 6.45) is 2.27. The van der Waals surface area contributed by atoms with E-state index in [9.17, 15) is 4.79 Å². The summed E-state index contributed by atoms with van der Waals surface area (Å²) >= 11 is 0. The van der Waals surface area contributed by atoms with E-state index in [-0.39, 0.29) is 11.9 Å². The molecule has 1 saturated carbocycles. The zero-order valence-electron chi connectivity index (χ0n) is 14.5. The highest BCUT2D eigenvalue weighted by Gasteiger charge is 2.30. The summed E-state index contributed by atoms with van der Waals surface area (Å²) in [4.78, 5) is 18.2. The average Bonchev–Trinajstić information content (AvgIpc) is 3.34. The van der Waals surface area contributed by atoms with E-state index in [1.807, 2.05) is 0 Å². The highest BCUT2D eigenvalue weighted by molar-refractivity contribution is 5.87. The van der Waals surface area contributed by atoms with Gasteiger partial charge in [-0.3, -0.25) is 9.69 Å². The average molecular weight is 326 g/mol. The van der Waals surface area contributed by atoms with Crippen LogP contribution in [0.4, 0.5) is 0 Å². The molecule has 5 heteroatoms. The van der Waals surface area contributed by atoms with Crippen molar-refractivity contribution in [1.82, 2.24) is 20.5 Å². The Labute approximate surface area is 142 Å². The van der Waals surface area contributed by atoms with Crippen LogP contribution >= 0.6 is 0 Å². The monoisotopic (exact) mass is 326 g/mol. The molecule has 2 fully saturated rings. The summed E-state index contributed by atoms with van der Waals surface area (Å²) in [5.74, 6) is 0.159. The number of para-hydroxylation sites is 1. The molecule has 2 aromatic rings. The van der Waals surface area contributed by atoms with E-state index in [0.29, 0.717) is 6.04 Å². The predicted octanol–water partition coefficient (Wildman–Crippen LogP) is 1.84. The fraction of sp³-hybridized carbons (Fsp3) is 0.526. The number of piperazine rings is 1.